The molecule has 1 aromatic rings. The number of benzene rings is 1. The van der Waals surface area contributed by atoms with Crippen LogP contribution in [0.25, 0.3) is 0 Å². The third kappa shape index (κ3) is 11.9. The average Bonchev–Trinajstić information content (AvgIpc) is 2.90. The third-order valence-corrected chi connectivity index (χ3v) is 1.87. The van der Waals surface area contributed by atoms with Crippen LogP contribution in [0.2, 0.25) is 5.02 Å². The SMILES string of the molecule is C1CC1.CCO.Clc1cccc(Br)c1. The van der Waals surface area contributed by atoms with Crippen LogP contribution in [0.5, 0.6) is 0 Å². The molecule has 80 valence electrons. The van der Waals surface area contributed by atoms with Crippen molar-refractivity contribution in [2.45, 2.75) is 26.2 Å². The molecule has 2 rings (SSSR count). The number of aliphatic hydroxyl groups is 1. The Morgan fingerprint density at radius 1 is 1.36 bits per heavy atom. The Hall–Kier alpha value is -0.0500. The Morgan fingerprint density at radius 3 is 2.07 bits per heavy atom. The highest BCUT2D eigenvalue weighted by molar-refractivity contribution is 9.10. The van der Waals surface area contributed by atoms with Crippen LogP contribution < -0.4 is 0 Å². The monoisotopic (exact) mass is 278 g/mol. The van der Waals surface area contributed by atoms with Crippen LogP contribution in [-0.4, -0.2) is 11.7 Å². The van der Waals surface area contributed by atoms with Crippen LogP contribution >= 0.6 is 27.5 Å². The van der Waals surface area contributed by atoms with E-state index < -0.39 is 0 Å². The number of hydrogen-bond acceptors (Lipinski definition) is 1. The number of rotatable bonds is 0. The van der Waals surface area contributed by atoms with Crippen molar-refractivity contribution in [2.75, 3.05) is 6.61 Å². The zero-order valence-corrected chi connectivity index (χ0v) is 10.7. The standard InChI is InChI=1S/C6H4BrCl.C3H6.C2H6O/c7-5-2-1-3-6(8)4-5;1-2-3-1;1-2-3/h1-4H;1-3H2;3H,2H2,1H3. The van der Waals surface area contributed by atoms with Gasteiger partial charge in [0.1, 0.15) is 0 Å². The van der Waals surface area contributed by atoms with Crippen LogP contribution in [0.3, 0.4) is 0 Å². The Bertz CT molecular complexity index is 218. The lowest BCUT2D eigenvalue weighted by Crippen LogP contribution is -1.61. The second-order valence-electron chi connectivity index (χ2n) is 2.82. The predicted molar refractivity (Wildman–Crippen MR) is 65.8 cm³/mol. The summed E-state index contributed by atoms with van der Waals surface area (Å²) in [5, 5.41) is 8.33. The van der Waals surface area contributed by atoms with Crippen LogP contribution in [0.4, 0.5) is 0 Å². The summed E-state index contributed by atoms with van der Waals surface area (Å²) in [5.74, 6) is 0. The van der Waals surface area contributed by atoms with Crippen LogP contribution in [-0.2, 0) is 0 Å². The van der Waals surface area contributed by atoms with Crippen molar-refractivity contribution >= 4 is 27.5 Å². The molecule has 0 bridgehead atoms. The van der Waals surface area contributed by atoms with Gasteiger partial charge in [-0.15, -0.1) is 0 Å². The van der Waals surface area contributed by atoms with Crippen molar-refractivity contribution in [1.29, 1.82) is 0 Å². The minimum Gasteiger partial charge on any atom is -0.397 e. The van der Waals surface area contributed by atoms with E-state index in [4.69, 9.17) is 16.7 Å². The molecule has 1 aliphatic rings. The fourth-order valence-corrected chi connectivity index (χ4v) is 1.18. The Morgan fingerprint density at radius 2 is 1.86 bits per heavy atom. The smallest absolute Gasteiger partial charge is 0.0417 e. The van der Waals surface area contributed by atoms with Gasteiger partial charge in [-0.3, -0.25) is 0 Å². The zero-order valence-electron chi connectivity index (χ0n) is 8.34. The maximum Gasteiger partial charge on any atom is 0.0417 e. The topological polar surface area (TPSA) is 20.2 Å². The minimum atomic E-state index is 0.250. The molecule has 1 aromatic carbocycles. The molecule has 3 heteroatoms. The van der Waals surface area contributed by atoms with E-state index in [1.165, 1.54) is 19.3 Å². The van der Waals surface area contributed by atoms with Gasteiger partial charge in [0.05, 0.1) is 0 Å². The third-order valence-electron chi connectivity index (χ3n) is 1.14. The second-order valence-corrected chi connectivity index (χ2v) is 4.17. The van der Waals surface area contributed by atoms with E-state index in [9.17, 15) is 0 Å². The van der Waals surface area contributed by atoms with Crippen molar-refractivity contribution in [3.8, 4) is 0 Å². The lowest BCUT2D eigenvalue weighted by Gasteiger charge is -1.87. The molecule has 14 heavy (non-hydrogen) atoms. The summed E-state index contributed by atoms with van der Waals surface area (Å²) in [7, 11) is 0. The lowest BCUT2D eigenvalue weighted by atomic mass is 10.4. The highest BCUT2D eigenvalue weighted by Crippen LogP contribution is 2.15. The first-order valence-corrected chi connectivity index (χ1v) is 5.89. The van der Waals surface area contributed by atoms with E-state index in [2.05, 4.69) is 15.9 Å². The summed E-state index contributed by atoms with van der Waals surface area (Å²) in [6, 6.07) is 7.52. The molecular weight excluding hydrogens is 263 g/mol. The van der Waals surface area contributed by atoms with Crippen LogP contribution in [0.15, 0.2) is 28.7 Å². The van der Waals surface area contributed by atoms with Gasteiger partial charge < -0.3 is 5.11 Å². The quantitative estimate of drug-likeness (QED) is 0.752. The van der Waals surface area contributed by atoms with Gasteiger partial charge in [-0.25, -0.2) is 0 Å². The molecule has 0 spiro atoms. The molecule has 0 unspecified atom stereocenters. The summed E-state index contributed by atoms with van der Waals surface area (Å²) in [6.07, 6.45) is 4.50. The minimum absolute atomic E-state index is 0.250. The van der Waals surface area contributed by atoms with Gasteiger partial charge in [-0.1, -0.05) is 52.9 Å². The summed E-state index contributed by atoms with van der Waals surface area (Å²) < 4.78 is 1.02. The molecule has 1 N–H and O–H groups in total. The predicted octanol–water partition coefficient (Wildman–Crippen LogP) is 4.27. The fourth-order valence-electron chi connectivity index (χ4n) is 0.460. The van der Waals surface area contributed by atoms with Gasteiger partial charge in [0.2, 0.25) is 0 Å². The van der Waals surface area contributed by atoms with Gasteiger partial charge in [0, 0.05) is 16.1 Å². The number of aliphatic hydroxyl groups excluding tert-OH is 1. The summed E-state index contributed by atoms with van der Waals surface area (Å²) in [4.78, 5) is 0. The molecule has 0 aromatic heterocycles. The maximum atomic E-state index is 7.57. The summed E-state index contributed by atoms with van der Waals surface area (Å²) >= 11 is 8.89. The summed E-state index contributed by atoms with van der Waals surface area (Å²) in [5.41, 5.74) is 0. The first kappa shape index (κ1) is 13.9. The summed E-state index contributed by atoms with van der Waals surface area (Å²) in [6.45, 7) is 1.93. The van der Waals surface area contributed by atoms with Gasteiger partial charge in [0.25, 0.3) is 0 Å². The molecule has 1 saturated carbocycles. The average molecular weight is 280 g/mol. The largest absolute Gasteiger partial charge is 0.397 e. The zero-order chi connectivity index (χ0) is 10.8. The van der Waals surface area contributed by atoms with Gasteiger partial charge in [0.15, 0.2) is 0 Å². The van der Waals surface area contributed by atoms with E-state index in [-0.39, 0.29) is 6.61 Å². The molecule has 0 atom stereocenters. The van der Waals surface area contributed by atoms with E-state index in [0.717, 1.165) is 9.50 Å². The van der Waals surface area contributed by atoms with Gasteiger partial charge >= 0.3 is 0 Å². The van der Waals surface area contributed by atoms with Crippen LogP contribution in [0.1, 0.15) is 26.2 Å². The Labute approximate surface area is 99.2 Å². The Balaban J connectivity index is 0.000000232. The first-order valence-electron chi connectivity index (χ1n) is 4.72. The number of halogens is 2. The molecule has 0 aliphatic heterocycles. The van der Waals surface area contributed by atoms with Crippen molar-refractivity contribution in [3.63, 3.8) is 0 Å². The molecule has 0 amide bonds. The Kier molecular flexibility index (Phi) is 9.47. The van der Waals surface area contributed by atoms with Gasteiger partial charge in [-0.2, -0.15) is 0 Å². The molecule has 0 radical (unpaired) electrons. The lowest BCUT2D eigenvalue weighted by molar-refractivity contribution is 0.318. The van der Waals surface area contributed by atoms with Gasteiger partial charge in [-0.05, 0) is 25.1 Å². The van der Waals surface area contributed by atoms with Crippen LogP contribution in [0, 0.1) is 0 Å². The second kappa shape index (κ2) is 9.50. The highest BCUT2D eigenvalue weighted by atomic mass is 79.9. The van der Waals surface area contributed by atoms with Crippen molar-refractivity contribution in [3.05, 3.63) is 33.8 Å². The van der Waals surface area contributed by atoms with Crippen molar-refractivity contribution in [2.24, 2.45) is 0 Å². The highest BCUT2D eigenvalue weighted by Gasteiger charge is 1.95. The first-order chi connectivity index (χ1) is 6.70. The normalized spacial score (nSPS) is 11.7. The molecular formula is C11H16BrClO. The van der Waals surface area contributed by atoms with E-state index in [1.54, 1.807) is 6.92 Å². The molecule has 0 heterocycles. The van der Waals surface area contributed by atoms with E-state index in [1.807, 2.05) is 24.3 Å². The molecule has 1 nitrogen and oxygen atoms in total. The van der Waals surface area contributed by atoms with E-state index >= 15 is 0 Å². The molecule has 1 aliphatic carbocycles. The van der Waals surface area contributed by atoms with Crippen molar-refractivity contribution < 1.29 is 5.11 Å². The fraction of sp³-hybridized carbons (Fsp3) is 0.455. The number of hydrogen-bond donors (Lipinski definition) is 1. The van der Waals surface area contributed by atoms with E-state index in [0.29, 0.717) is 0 Å². The molecule has 1 fully saturated rings. The van der Waals surface area contributed by atoms with Crippen molar-refractivity contribution in [1.82, 2.24) is 0 Å². The molecule has 0 saturated heterocycles. The maximum absolute atomic E-state index is 7.57.